The fourth-order valence-corrected chi connectivity index (χ4v) is 2.62. The zero-order valence-electron chi connectivity index (χ0n) is 14.1. The normalized spacial score (nSPS) is 14.7. The maximum Gasteiger partial charge on any atom is 0.236 e. The van der Waals surface area contributed by atoms with Crippen LogP contribution in [0.1, 0.15) is 18.4 Å². The van der Waals surface area contributed by atoms with Crippen LogP contribution in [0.3, 0.4) is 0 Å². The van der Waals surface area contributed by atoms with Crippen LogP contribution in [0.2, 0.25) is 0 Å². The number of anilines is 1. The first-order chi connectivity index (χ1) is 12.5. The summed E-state index contributed by atoms with van der Waals surface area (Å²) >= 11 is 0. The topological polar surface area (TPSA) is 100.0 Å². The Hall–Kier alpha value is -3.29. The van der Waals surface area contributed by atoms with Gasteiger partial charge in [0.05, 0.1) is 12.5 Å². The number of halogens is 1. The molecule has 0 bridgehead atoms. The number of benzene rings is 1. The second kappa shape index (κ2) is 7.30. The molecule has 2 aromatic rings. The van der Waals surface area contributed by atoms with E-state index in [-0.39, 0.29) is 11.7 Å². The van der Waals surface area contributed by atoms with Gasteiger partial charge in [-0.05, 0) is 25.0 Å². The fourth-order valence-electron chi connectivity index (χ4n) is 2.62. The van der Waals surface area contributed by atoms with Crippen LogP contribution in [0.5, 0.6) is 5.88 Å². The minimum absolute atomic E-state index is 0.105. The summed E-state index contributed by atoms with van der Waals surface area (Å²) in [6, 6.07) is 7.84. The van der Waals surface area contributed by atoms with Gasteiger partial charge in [-0.2, -0.15) is 0 Å². The van der Waals surface area contributed by atoms with Gasteiger partial charge in [-0.15, -0.1) is 0 Å². The van der Waals surface area contributed by atoms with Gasteiger partial charge in [0.15, 0.2) is 0 Å². The molecular weight excluding hydrogens is 337 g/mol. The Balaban J connectivity index is 1.59. The van der Waals surface area contributed by atoms with E-state index >= 15 is 0 Å². The molecule has 0 spiro atoms. The van der Waals surface area contributed by atoms with E-state index in [0.717, 1.165) is 0 Å². The summed E-state index contributed by atoms with van der Waals surface area (Å²) in [5.41, 5.74) is -0.501. The SMILES string of the molecule is COc1cc(N/C=C\C(=N)NC(=O)C2(c3ccccc3F)CC2)ncn1. The number of ether oxygens (including phenoxy) is 1. The molecule has 1 heterocycles. The monoisotopic (exact) mass is 355 g/mol. The summed E-state index contributed by atoms with van der Waals surface area (Å²) in [6.45, 7) is 0. The molecule has 1 aromatic carbocycles. The summed E-state index contributed by atoms with van der Waals surface area (Å²) in [5, 5.41) is 13.2. The van der Waals surface area contributed by atoms with Crippen LogP contribution >= 0.6 is 0 Å². The van der Waals surface area contributed by atoms with Gasteiger partial charge >= 0.3 is 0 Å². The van der Waals surface area contributed by atoms with Crippen molar-refractivity contribution in [1.82, 2.24) is 15.3 Å². The molecule has 134 valence electrons. The predicted molar refractivity (Wildman–Crippen MR) is 94.5 cm³/mol. The lowest BCUT2D eigenvalue weighted by Gasteiger charge is -2.15. The average molecular weight is 355 g/mol. The highest BCUT2D eigenvalue weighted by Crippen LogP contribution is 2.49. The Kier molecular flexibility index (Phi) is 4.92. The van der Waals surface area contributed by atoms with Crippen molar-refractivity contribution >= 4 is 17.6 Å². The van der Waals surface area contributed by atoms with Crippen LogP contribution in [-0.4, -0.2) is 28.8 Å². The van der Waals surface area contributed by atoms with Crippen LogP contribution in [0.25, 0.3) is 0 Å². The van der Waals surface area contributed by atoms with Gasteiger partial charge < -0.3 is 15.4 Å². The number of rotatable bonds is 6. The van der Waals surface area contributed by atoms with Gasteiger partial charge in [-0.25, -0.2) is 14.4 Å². The third-order valence-electron chi connectivity index (χ3n) is 4.15. The summed E-state index contributed by atoms with van der Waals surface area (Å²) in [5.74, 6) is 0.00535. The van der Waals surface area contributed by atoms with Gasteiger partial charge in [0.25, 0.3) is 0 Å². The Labute approximate surface area is 149 Å². The molecule has 1 fully saturated rings. The highest BCUT2D eigenvalue weighted by molar-refractivity contribution is 6.07. The summed E-state index contributed by atoms with van der Waals surface area (Å²) in [7, 11) is 1.50. The zero-order chi connectivity index (χ0) is 18.6. The lowest BCUT2D eigenvalue weighted by Crippen LogP contribution is -2.38. The Morgan fingerprint density at radius 3 is 2.81 bits per heavy atom. The van der Waals surface area contributed by atoms with E-state index in [1.54, 1.807) is 24.3 Å². The average Bonchev–Trinajstić information content (AvgIpc) is 3.44. The molecule has 1 aromatic heterocycles. The van der Waals surface area contributed by atoms with E-state index in [0.29, 0.717) is 30.1 Å². The molecule has 1 aliphatic rings. The first-order valence-electron chi connectivity index (χ1n) is 7.99. The highest BCUT2D eigenvalue weighted by atomic mass is 19.1. The van der Waals surface area contributed by atoms with Crippen LogP contribution < -0.4 is 15.4 Å². The van der Waals surface area contributed by atoms with Crippen LogP contribution in [-0.2, 0) is 10.2 Å². The molecule has 3 rings (SSSR count). The predicted octanol–water partition coefficient (Wildman–Crippen LogP) is 2.38. The molecule has 0 aliphatic heterocycles. The lowest BCUT2D eigenvalue weighted by molar-refractivity contribution is -0.122. The molecule has 0 radical (unpaired) electrons. The Morgan fingerprint density at radius 2 is 2.12 bits per heavy atom. The van der Waals surface area contributed by atoms with E-state index in [9.17, 15) is 9.18 Å². The summed E-state index contributed by atoms with van der Waals surface area (Å²) in [6.07, 6.45) is 5.32. The number of hydrogen-bond acceptors (Lipinski definition) is 6. The van der Waals surface area contributed by atoms with Crippen molar-refractivity contribution in [3.8, 4) is 5.88 Å². The number of methoxy groups -OCH3 is 1. The van der Waals surface area contributed by atoms with Crippen molar-refractivity contribution in [3.63, 3.8) is 0 Å². The maximum atomic E-state index is 14.0. The van der Waals surface area contributed by atoms with Crippen molar-refractivity contribution in [1.29, 1.82) is 5.41 Å². The van der Waals surface area contributed by atoms with Gasteiger partial charge in [0.1, 0.15) is 23.8 Å². The number of nitrogens with one attached hydrogen (secondary N) is 3. The third-order valence-corrected chi connectivity index (χ3v) is 4.15. The van der Waals surface area contributed by atoms with Crippen LogP contribution in [0.4, 0.5) is 10.2 Å². The molecule has 0 saturated heterocycles. The van der Waals surface area contributed by atoms with E-state index in [1.807, 2.05) is 0 Å². The van der Waals surface area contributed by atoms with Crippen LogP contribution in [0, 0.1) is 11.2 Å². The Bertz CT molecular complexity index is 864. The van der Waals surface area contributed by atoms with E-state index < -0.39 is 11.2 Å². The number of carbonyl (C=O) groups excluding carboxylic acids is 1. The molecule has 1 saturated carbocycles. The van der Waals surface area contributed by atoms with Gasteiger partial charge in [0.2, 0.25) is 11.8 Å². The number of nitrogens with zero attached hydrogens (tertiary/aromatic N) is 2. The van der Waals surface area contributed by atoms with E-state index in [4.69, 9.17) is 10.1 Å². The van der Waals surface area contributed by atoms with Gasteiger partial charge in [-0.3, -0.25) is 10.2 Å². The van der Waals surface area contributed by atoms with E-state index in [2.05, 4.69) is 20.6 Å². The van der Waals surface area contributed by atoms with Crippen molar-refractivity contribution in [3.05, 3.63) is 60.3 Å². The minimum atomic E-state index is -0.876. The standard InChI is InChI=1S/C18H18FN5O2/c1-26-16-10-15(22-11-23-16)21-9-6-14(20)24-17(25)18(7-8-18)12-4-2-3-5-13(12)19/h2-6,9-11H,7-8H2,1H3,(H2,20,24,25)(H,21,22,23)/b9-6-. The second-order valence-corrected chi connectivity index (χ2v) is 5.85. The number of aromatic nitrogens is 2. The Morgan fingerprint density at radius 1 is 1.35 bits per heavy atom. The molecule has 26 heavy (non-hydrogen) atoms. The minimum Gasteiger partial charge on any atom is -0.481 e. The second-order valence-electron chi connectivity index (χ2n) is 5.85. The largest absolute Gasteiger partial charge is 0.481 e. The van der Waals surface area contributed by atoms with Crippen molar-refractivity contribution in [2.75, 3.05) is 12.4 Å². The maximum absolute atomic E-state index is 14.0. The number of amides is 1. The molecular formula is C18H18FN5O2. The van der Waals surface area contributed by atoms with Crippen molar-refractivity contribution in [2.24, 2.45) is 0 Å². The molecule has 0 atom stereocenters. The quantitative estimate of drug-likeness (QED) is 0.546. The number of hydrogen-bond donors (Lipinski definition) is 3. The summed E-state index contributed by atoms with van der Waals surface area (Å²) in [4.78, 5) is 20.4. The highest BCUT2D eigenvalue weighted by Gasteiger charge is 2.52. The number of carbonyl (C=O) groups is 1. The van der Waals surface area contributed by atoms with Gasteiger partial charge in [-0.1, -0.05) is 18.2 Å². The zero-order valence-corrected chi connectivity index (χ0v) is 14.1. The van der Waals surface area contributed by atoms with E-state index in [1.165, 1.54) is 31.8 Å². The molecule has 0 unspecified atom stereocenters. The first kappa shape index (κ1) is 17.5. The molecule has 1 amide bonds. The fraction of sp³-hybridized carbons (Fsp3) is 0.222. The van der Waals surface area contributed by atoms with Crippen molar-refractivity contribution < 1.29 is 13.9 Å². The molecule has 7 nitrogen and oxygen atoms in total. The number of amidine groups is 1. The van der Waals surface area contributed by atoms with Crippen LogP contribution in [0.15, 0.2) is 48.9 Å². The third kappa shape index (κ3) is 3.69. The first-order valence-corrected chi connectivity index (χ1v) is 7.99. The van der Waals surface area contributed by atoms with Crippen molar-refractivity contribution in [2.45, 2.75) is 18.3 Å². The van der Waals surface area contributed by atoms with Gasteiger partial charge in [0, 0.05) is 17.8 Å². The molecule has 8 heteroatoms. The molecule has 1 aliphatic carbocycles. The smallest absolute Gasteiger partial charge is 0.236 e. The summed E-state index contributed by atoms with van der Waals surface area (Å²) < 4.78 is 19.0. The lowest BCUT2D eigenvalue weighted by atomic mass is 9.94. The molecule has 3 N–H and O–H groups in total.